The lowest BCUT2D eigenvalue weighted by Gasteiger charge is -2.05. The van der Waals surface area contributed by atoms with Crippen molar-refractivity contribution in [1.82, 2.24) is 0 Å². The van der Waals surface area contributed by atoms with Crippen molar-refractivity contribution in [3.8, 4) is 11.1 Å². The topological polar surface area (TPSA) is 26.3 Å². The molecule has 2 aromatic carbocycles. The third kappa shape index (κ3) is 3.68. The van der Waals surface area contributed by atoms with E-state index in [-0.39, 0.29) is 5.97 Å². The van der Waals surface area contributed by atoms with Crippen LogP contribution in [0.25, 0.3) is 11.1 Å². The van der Waals surface area contributed by atoms with Gasteiger partial charge in [0, 0.05) is 0 Å². The molecule has 0 atom stereocenters. The Labute approximate surface area is 114 Å². The molecular weight excluding hydrogens is 236 g/mol. The summed E-state index contributed by atoms with van der Waals surface area (Å²) in [5.41, 5.74) is 2.86. The Morgan fingerprint density at radius 2 is 1.58 bits per heavy atom. The summed E-state index contributed by atoms with van der Waals surface area (Å²) in [4.78, 5) is 11.7. The number of hydrogen-bond acceptors (Lipinski definition) is 2. The predicted octanol–water partition coefficient (Wildman–Crippen LogP) is 4.31. The molecule has 2 nitrogen and oxygen atoms in total. The van der Waals surface area contributed by atoms with E-state index in [1.54, 1.807) is 0 Å². The highest BCUT2D eigenvalue weighted by Crippen LogP contribution is 2.19. The second-order valence-corrected chi connectivity index (χ2v) is 4.43. The monoisotopic (exact) mass is 254 g/mol. The second kappa shape index (κ2) is 6.74. The molecule has 0 aromatic heterocycles. The van der Waals surface area contributed by atoms with Crippen LogP contribution in [0.2, 0.25) is 0 Å². The van der Waals surface area contributed by atoms with E-state index >= 15 is 0 Å². The van der Waals surface area contributed by atoms with Gasteiger partial charge in [-0.1, -0.05) is 55.8 Å². The summed E-state index contributed by atoms with van der Waals surface area (Å²) in [6.07, 6.45) is 1.94. The fourth-order valence-electron chi connectivity index (χ4n) is 1.82. The van der Waals surface area contributed by atoms with Gasteiger partial charge in [0.1, 0.15) is 0 Å². The first-order chi connectivity index (χ1) is 9.31. The molecule has 2 rings (SSSR count). The first-order valence-corrected chi connectivity index (χ1v) is 6.64. The molecule has 0 radical (unpaired) electrons. The van der Waals surface area contributed by atoms with Crippen molar-refractivity contribution in [2.75, 3.05) is 6.61 Å². The standard InChI is InChI=1S/C17H18O2/c1-2-3-13-19-17(18)16-11-9-15(10-12-16)14-7-5-4-6-8-14/h4-12H,2-3,13H2,1H3. The van der Waals surface area contributed by atoms with Crippen LogP contribution in [0.1, 0.15) is 30.1 Å². The average Bonchev–Trinajstić information content (AvgIpc) is 2.48. The van der Waals surface area contributed by atoms with Crippen molar-refractivity contribution >= 4 is 5.97 Å². The fourth-order valence-corrected chi connectivity index (χ4v) is 1.82. The summed E-state index contributed by atoms with van der Waals surface area (Å²) in [7, 11) is 0. The Bertz CT molecular complexity index is 515. The Kier molecular flexibility index (Phi) is 4.73. The first kappa shape index (κ1) is 13.3. The zero-order valence-corrected chi connectivity index (χ0v) is 11.1. The molecule has 0 bridgehead atoms. The normalized spacial score (nSPS) is 10.2. The van der Waals surface area contributed by atoms with Gasteiger partial charge < -0.3 is 4.74 Å². The van der Waals surface area contributed by atoms with Gasteiger partial charge in [0.25, 0.3) is 0 Å². The van der Waals surface area contributed by atoms with Crippen molar-refractivity contribution in [3.63, 3.8) is 0 Å². The number of rotatable bonds is 5. The number of hydrogen-bond donors (Lipinski definition) is 0. The summed E-state index contributed by atoms with van der Waals surface area (Å²) < 4.78 is 5.18. The zero-order chi connectivity index (χ0) is 13.5. The lowest BCUT2D eigenvalue weighted by atomic mass is 10.0. The quantitative estimate of drug-likeness (QED) is 0.587. The van der Waals surface area contributed by atoms with Crippen LogP contribution in [0, 0.1) is 0 Å². The average molecular weight is 254 g/mol. The smallest absolute Gasteiger partial charge is 0.338 e. The van der Waals surface area contributed by atoms with E-state index in [0.29, 0.717) is 12.2 Å². The van der Waals surface area contributed by atoms with Crippen molar-refractivity contribution in [2.45, 2.75) is 19.8 Å². The molecule has 0 fully saturated rings. The maximum Gasteiger partial charge on any atom is 0.338 e. The van der Waals surface area contributed by atoms with Gasteiger partial charge in [0.05, 0.1) is 12.2 Å². The van der Waals surface area contributed by atoms with E-state index in [4.69, 9.17) is 4.74 Å². The van der Waals surface area contributed by atoms with Crippen molar-refractivity contribution in [2.24, 2.45) is 0 Å². The van der Waals surface area contributed by atoms with Gasteiger partial charge in [-0.15, -0.1) is 0 Å². The van der Waals surface area contributed by atoms with Gasteiger partial charge in [-0.3, -0.25) is 0 Å². The Balaban J connectivity index is 2.04. The van der Waals surface area contributed by atoms with Crippen LogP contribution in [0.5, 0.6) is 0 Å². The number of ether oxygens (including phenoxy) is 1. The number of esters is 1. The molecule has 0 heterocycles. The van der Waals surface area contributed by atoms with Crippen LogP contribution in [0.15, 0.2) is 54.6 Å². The highest BCUT2D eigenvalue weighted by atomic mass is 16.5. The maximum atomic E-state index is 11.7. The van der Waals surface area contributed by atoms with E-state index in [2.05, 4.69) is 19.1 Å². The molecule has 0 saturated heterocycles. The molecule has 0 spiro atoms. The fraction of sp³-hybridized carbons (Fsp3) is 0.235. The summed E-state index contributed by atoms with van der Waals surface area (Å²) in [5.74, 6) is -0.243. The van der Waals surface area contributed by atoms with Gasteiger partial charge in [-0.2, -0.15) is 0 Å². The van der Waals surface area contributed by atoms with E-state index in [1.807, 2.05) is 42.5 Å². The van der Waals surface area contributed by atoms with Crippen LogP contribution >= 0.6 is 0 Å². The molecule has 2 aromatic rings. The van der Waals surface area contributed by atoms with Crippen molar-refractivity contribution in [3.05, 3.63) is 60.2 Å². The lowest BCUT2D eigenvalue weighted by Crippen LogP contribution is -2.05. The van der Waals surface area contributed by atoms with E-state index in [1.165, 1.54) is 0 Å². The molecular formula is C17H18O2. The summed E-state index contributed by atoms with van der Waals surface area (Å²) in [5, 5.41) is 0. The molecule has 2 heteroatoms. The van der Waals surface area contributed by atoms with Gasteiger partial charge >= 0.3 is 5.97 Å². The number of benzene rings is 2. The van der Waals surface area contributed by atoms with Crippen LogP contribution in [0.4, 0.5) is 0 Å². The van der Waals surface area contributed by atoms with Gasteiger partial charge in [-0.05, 0) is 29.7 Å². The SMILES string of the molecule is CCCCOC(=O)c1ccc(-c2ccccc2)cc1. The lowest BCUT2D eigenvalue weighted by molar-refractivity contribution is 0.0500. The minimum atomic E-state index is -0.243. The van der Waals surface area contributed by atoms with Crippen molar-refractivity contribution in [1.29, 1.82) is 0 Å². The molecule has 0 unspecified atom stereocenters. The van der Waals surface area contributed by atoms with Gasteiger partial charge in [0.15, 0.2) is 0 Å². The molecule has 0 aliphatic carbocycles. The predicted molar refractivity (Wildman–Crippen MR) is 77.1 cm³/mol. The highest BCUT2D eigenvalue weighted by Gasteiger charge is 2.06. The molecule has 0 aliphatic rings. The zero-order valence-electron chi connectivity index (χ0n) is 11.1. The minimum absolute atomic E-state index is 0.243. The van der Waals surface area contributed by atoms with Crippen LogP contribution < -0.4 is 0 Å². The van der Waals surface area contributed by atoms with Gasteiger partial charge in [0.2, 0.25) is 0 Å². The summed E-state index contributed by atoms with van der Waals surface area (Å²) in [6.45, 7) is 2.57. The number of carbonyl (C=O) groups is 1. The van der Waals surface area contributed by atoms with E-state index in [0.717, 1.165) is 24.0 Å². The van der Waals surface area contributed by atoms with Crippen LogP contribution in [-0.2, 0) is 4.74 Å². The van der Waals surface area contributed by atoms with Crippen molar-refractivity contribution < 1.29 is 9.53 Å². The van der Waals surface area contributed by atoms with Gasteiger partial charge in [-0.25, -0.2) is 4.79 Å². The van der Waals surface area contributed by atoms with Crippen LogP contribution in [0.3, 0.4) is 0 Å². The molecule has 0 N–H and O–H groups in total. The van der Waals surface area contributed by atoms with E-state index < -0.39 is 0 Å². The largest absolute Gasteiger partial charge is 0.462 e. The summed E-state index contributed by atoms with van der Waals surface area (Å²) >= 11 is 0. The number of unbranched alkanes of at least 4 members (excludes halogenated alkanes) is 1. The third-order valence-electron chi connectivity index (χ3n) is 2.96. The second-order valence-electron chi connectivity index (χ2n) is 4.43. The Hall–Kier alpha value is -2.09. The molecule has 0 amide bonds. The molecule has 0 saturated carbocycles. The molecule has 98 valence electrons. The Morgan fingerprint density at radius 1 is 0.947 bits per heavy atom. The number of carbonyl (C=O) groups excluding carboxylic acids is 1. The van der Waals surface area contributed by atoms with E-state index in [9.17, 15) is 4.79 Å². The minimum Gasteiger partial charge on any atom is -0.462 e. The maximum absolute atomic E-state index is 11.7. The third-order valence-corrected chi connectivity index (χ3v) is 2.96. The highest BCUT2D eigenvalue weighted by molar-refractivity contribution is 5.90. The Morgan fingerprint density at radius 3 is 2.21 bits per heavy atom. The molecule has 0 aliphatic heterocycles. The first-order valence-electron chi connectivity index (χ1n) is 6.64. The van der Waals surface area contributed by atoms with Crippen LogP contribution in [-0.4, -0.2) is 12.6 Å². The summed E-state index contributed by atoms with van der Waals surface area (Å²) in [6, 6.07) is 17.6. The molecule has 19 heavy (non-hydrogen) atoms.